The van der Waals surface area contributed by atoms with Gasteiger partial charge in [-0.25, -0.2) is 0 Å². The van der Waals surface area contributed by atoms with E-state index in [-0.39, 0.29) is 18.5 Å². The van der Waals surface area contributed by atoms with Gasteiger partial charge in [-0.1, -0.05) is 295 Å². The van der Waals surface area contributed by atoms with Crippen LogP contribution in [-0.2, 0) is 14.3 Å². The molecule has 0 saturated heterocycles. The van der Waals surface area contributed by atoms with E-state index in [9.17, 15) is 19.8 Å². The Morgan fingerprint density at radius 2 is 0.725 bits per heavy atom. The molecule has 0 radical (unpaired) electrons. The van der Waals surface area contributed by atoms with Crippen molar-refractivity contribution in [1.29, 1.82) is 0 Å². The first-order valence-electron chi connectivity index (χ1n) is 31.1. The van der Waals surface area contributed by atoms with Crippen LogP contribution in [0.4, 0.5) is 0 Å². The quantitative estimate of drug-likeness (QED) is 0.0321. The molecule has 0 spiro atoms. The van der Waals surface area contributed by atoms with E-state index in [1.807, 2.05) is 0 Å². The van der Waals surface area contributed by atoms with Gasteiger partial charge in [0.05, 0.1) is 25.4 Å². The van der Waals surface area contributed by atoms with Crippen molar-refractivity contribution in [1.82, 2.24) is 5.32 Å². The maximum Gasteiger partial charge on any atom is 0.305 e. The van der Waals surface area contributed by atoms with Crippen LogP contribution in [0.25, 0.3) is 0 Å². The number of nitrogens with one attached hydrogen (secondary N) is 1. The van der Waals surface area contributed by atoms with Gasteiger partial charge in [0.25, 0.3) is 0 Å². The maximum absolute atomic E-state index is 12.5. The molecular formula is C63H121NO5. The highest BCUT2D eigenvalue weighted by molar-refractivity contribution is 5.76. The van der Waals surface area contributed by atoms with Gasteiger partial charge >= 0.3 is 5.97 Å². The highest BCUT2D eigenvalue weighted by atomic mass is 16.5. The van der Waals surface area contributed by atoms with Crippen LogP contribution in [0.15, 0.2) is 24.3 Å². The summed E-state index contributed by atoms with van der Waals surface area (Å²) in [5.74, 6) is -0.0322. The summed E-state index contributed by atoms with van der Waals surface area (Å²) >= 11 is 0. The Kier molecular flexibility index (Phi) is 57.5. The van der Waals surface area contributed by atoms with E-state index in [2.05, 4.69) is 43.5 Å². The van der Waals surface area contributed by atoms with Crippen LogP contribution in [0.5, 0.6) is 0 Å². The number of aliphatic hydroxyl groups is 2. The molecule has 0 saturated carbocycles. The molecule has 0 fully saturated rings. The van der Waals surface area contributed by atoms with Crippen molar-refractivity contribution in [3.8, 4) is 0 Å². The normalized spacial score (nSPS) is 12.7. The lowest BCUT2D eigenvalue weighted by molar-refractivity contribution is -0.143. The molecule has 1 amide bonds. The number of ether oxygens (including phenoxy) is 1. The van der Waals surface area contributed by atoms with Gasteiger partial charge in [-0.2, -0.15) is 0 Å². The molecule has 0 aliphatic rings. The Labute approximate surface area is 431 Å². The summed E-state index contributed by atoms with van der Waals surface area (Å²) in [4.78, 5) is 24.5. The summed E-state index contributed by atoms with van der Waals surface area (Å²) in [5, 5.41) is 23.3. The summed E-state index contributed by atoms with van der Waals surface area (Å²) in [7, 11) is 0. The Morgan fingerprint density at radius 1 is 0.406 bits per heavy atom. The standard InChI is InChI=1S/C63H121NO5/c1-3-5-7-9-11-13-15-17-18-29-33-37-41-45-49-53-57-63(68)69-58-54-50-46-42-38-34-30-27-25-23-21-19-20-22-24-26-28-32-36-40-44-48-52-56-62(67)64-60(59-65)61(66)55-51-47-43-39-35-31-16-14-12-10-8-6-4-2/h13,15,18,29,60-61,65-66H,3-12,14,16-17,19-28,30-59H2,1-2H3,(H,64,67)/b15-13-,29-18-. The summed E-state index contributed by atoms with van der Waals surface area (Å²) in [6.07, 6.45) is 71.9. The molecule has 0 bridgehead atoms. The summed E-state index contributed by atoms with van der Waals surface area (Å²) in [5.41, 5.74) is 0. The van der Waals surface area contributed by atoms with Gasteiger partial charge in [0.2, 0.25) is 5.91 Å². The zero-order valence-electron chi connectivity index (χ0n) is 46.6. The number of carbonyl (C=O) groups is 2. The fourth-order valence-corrected chi connectivity index (χ4v) is 9.73. The van der Waals surface area contributed by atoms with E-state index in [1.54, 1.807) is 0 Å². The van der Waals surface area contributed by atoms with Crippen LogP contribution in [0.1, 0.15) is 341 Å². The predicted molar refractivity (Wildman–Crippen MR) is 301 cm³/mol. The van der Waals surface area contributed by atoms with E-state index < -0.39 is 12.1 Å². The van der Waals surface area contributed by atoms with Crippen molar-refractivity contribution in [2.24, 2.45) is 0 Å². The lowest BCUT2D eigenvalue weighted by atomic mass is 10.0. The Balaban J connectivity index is 3.36. The third-order valence-corrected chi connectivity index (χ3v) is 14.5. The summed E-state index contributed by atoms with van der Waals surface area (Å²) < 4.78 is 5.48. The van der Waals surface area contributed by atoms with Gasteiger partial charge in [0, 0.05) is 12.8 Å². The van der Waals surface area contributed by atoms with Gasteiger partial charge in [0.15, 0.2) is 0 Å². The maximum atomic E-state index is 12.5. The predicted octanol–water partition coefficient (Wildman–Crippen LogP) is 19.4. The molecule has 6 heteroatoms. The topological polar surface area (TPSA) is 95.9 Å². The Morgan fingerprint density at radius 3 is 1.12 bits per heavy atom. The third-order valence-electron chi connectivity index (χ3n) is 14.5. The van der Waals surface area contributed by atoms with Crippen LogP contribution in [0.2, 0.25) is 0 Å². The zero-order valence-corrected chi connectivity index (χ0v) is 46.6. The number of carbonyl (C=O) groups excluding carboxylic acids is 2. The minimum absolute atomic E-state index is 0.00128. The Hall–Kier alpha value is -1.66. The van der Waals surface area contributed by atoms with Crippen molar-refractivity contribution >= 4 is 11.9 Å². The van der Waals surface area contributed by atoms with Gasteiger partial charge in [-0.3, -0.25) is 9.59 Å². The lowest BCUT2D eigenvalue weighted by Gasteiger charge is -2.22. The number of rotatable bonds is 58. The van der Waals surface area contributed by atoms with Gasteiger partial charge in [0.1, 0.15) is 0 Å². The van der Waals surface area contributed by atoms with Crippen molar-refractivity contribution in [2.75, 3.05) is 13.2 Å². The molecule has 2 atom stereocenters. The van der Waals surface area contributed by atoms with Crippen molar-refractivity contribution in [3.63, 3.8) is 0 Å². The average molecular weight is 973 g/mol. The fourth-order valence-electron chi connectivity index (χ4n) is 9.73. The van der Waals surface area contributed by atoms with E-state index in [0.29, 0.717) is 25.9 Å². The number of hydrogen-bond donors (Lipinski definition) is 3. The second kappa shape index (κ2) is 58.9. The minimum atomic E-state index is -0.663. The zero-order chi connectivity index (χ0) is 50.0. The molecule has 69 heavy (non-hydrogen) atoms. The molecular weight excluding hydrogens is 851 g/mol. The summed E-state index contributed by atoms with van der Waals surface area (Å²) in [6.45, 7) is 4.94. The van der Waals surface area contributed by atoms with Gasteiger partial charge < -0.3 is 20.3 Å². The number of esters is 1. The number of unbranched alkanes of at least 4 members (excludes halogenated alkanes) is 43. The Bertz CT molecular complexity index is 1080. The molecule has 6 nitrogen and oxygen atoms in total. The second-order valence-corrected chi connectivity index (χ2v) is 21.4. The first-order chi connectivity index (χ1) is 34.0. The molecule has 0 heterocycles. The SMILES string of the molecule is CCCCCC/C=C\C/C=C\CCCCCCCC(=O)OCCCCCCCCCCCCCCCCCCCCCCCCCC(=O)NC(CO)C(O)CCCCCCCCCCCCCCC. The number of aliphatic hydroxyl groups excluding tert-OH is 2. The molecule has 0 aliphatic carbocycles. The second-order valence-electron chi connectivity index (χ2n) is 21.4. The minimum Gasteiger partial charge on any atom is -0.466 e. The highest BCUT2D eigenvalue weighted by Crippen LogP contribution is 2.18. The average Bonchev–Trinajstić information content (AvgIpc) is 3.35. The molecule has 0 aromatic rings. The molecule has 0 rings (SSSR count). The lowest BCUT2D eigenvalue weighted by Crippen LogP contribution is -2.45. The largest absolute Gasteiger partial charge is 0.466 e. The van der Waals surface area contributed by atoms with Crippen LogP contribution in [0, 0.1) is 0 Å². The van der Waals surface area contributed by atoms with Crippen molar-refractivity contribution < 1.29 is 24.5 Å². The monoisotopic (exact) mass is 972 g/mol. The van der Waals surface area contributed by atoms with E-state index in [0.717, 1.165) is 51.4 Å². The number of allylic oxidation sites excluding steroid dienone is 4. The third kappa shape index (κ3) is 55.5. The molecule has 0 aromatic heterocycles. The smallest absolute Gasteiger partial charge is 0.305 e. The van der Waals surface area contributed by atoms with E-state index in [1.165, 1.54) is 257 Å². The van der Waals surface area contributed by atoms with Gasteiger partial charge in [-0.15, -0.1) is 0 Å². The van der Waals surface area contributed by atoms with Crippen molar-refractivity contribution in [3.05, 3.63) is 24.3 Å². The number of hydrogen-bond acceptors (Lipinski definition) is 5. The molecule has 3 N–H and O–H groups in total. The number of amides is 1. The highest BCUT2D eigenvalue weighted by Gasteiger charge is 2.20. The van der Waals surface area contributed by atoms with Crippen LogP contribution in [-0.4, -0.2) is 47.4 Å². The fraction of sp³-hybridized carbons (Fsp3) is 0.905. The molecule has 0 aromatic carbocycles. The first-order valence-corrected chi connectivity index (χ1v) is 31.1. The molecule has 2 unspecified atom stereocenters. The molecule has 408 valence electrons. The molecule has 0 aliphatic heterocycles. The van der Waals surface area contributed by atoms with Crippen LogP contribution in [0.3, 0.4) is 0 Å². The van der Waals surface area contributed by atoms with Crippen LogP contribution < -0.4 is 5.32 Å². The van der Waals surface area contributed by atoms with Crippen LogP contribution >= 0.6 is 0 Å². The van der Waals surface area contributed by atoms with Gasteiger partial charge in [-0.05, 0) is 57.8 Å². The van der Waals surface area contributed by atoms with E-state index >= 15 is 0 Å². The summed E-state index contributed by atoms with van der Waals surface area (Å²) in [6, 6.07) is -0.540. The van der Waals surface area contributed by atoms with E-state index in [4.69, 9.17) is 4.74 Å². The first kappa shape index (κ1) is 67.3. The van der Waals surface area contributed by atoms with Crippen molar-refractivity contribution in [2.45, 2.75) is 353 Å².